The quantitative estimate of drug-likeness (QED) is 0.863. The molecule has 1 atom stereocenters. The maximum atomic E-state index is 11.7. The molecule has 1 aromatic rings. The molecule has 0 saturated carbocycles. The molecule has 0 bridgehead atoms. The average molecular weight is 289 g/mol. The van der Waals surface area contributed by atoms with E-state index >= 15 is 0 Å². The van der Waals surface area contributed by atoms with Crippen LogP contribution in [0.3, 0.4) is 0 Å². The molecule has 3 rings (SSSR count). The van der Waals surface area contributed by atoms with Gasteiger partial charge in [-0.25, -0.2) is 9.80 Å². The van der Waals surface area contributed by atoms with Gasteiger partial charge in [-0.05, 0) is 17.7 Å². The van der Waals surface area contributed by atoms with Crippen LogP contribution in [0.5, 0.6) is 11.5 Å². The zero-order chi connectivity index (χ0) is 15.2. The number of fused-ring (bicyclic) bond motifs is 1. The van der Waals surface area contributed by atoms with Crippen molar-refractivity contribution in [3.05, 3.63) is 23.8 Å². The van der Waals surface area contributed by atoms with Crippen LogP contribution in [0.2, 0.25) is 0 Å². The first kappa shape index (κ1) is 13.7. The largest absolute Gasteiger partial charge is 0.454 e. The number of rotatable bonds is 1. The molecule has 6 heteroatoms. The van der Waals surface area contributed by atoms with Crippen molar-refractivity contribution in [3.63, 3.8) is 0 Å². The maximum absolute atomic E-state index is 11.7. The van der Waals surface area contributed by atoms with Crippen molar-refractivity contribution in [1.82, 2.24) is 5.01 Å². The van der Waals surface area contributed by atoms with E-state index in [0.717, 1.165) is 17.0 Å². The first-order valence-corrected chi connectivity index (χ1v) is 6.92. The highest BCUT2D eigenvalue weighted by molar-refractivity contribution is 5.93. The second kappa shape index (κ2) is 4.65. The highest BCUT2D eigenvalue weighted by Crippen LogP contribution is 2.40. The van der Waals surface area contributed by atoms with Crippen LogP contribution < -0.4 is 15.2 Å². The zero-order valence-electron chi connectivity index (χ0n) is 12.4. The Morgan fingerprint density at radius 2 is 2.05 bits per heavy atom. The molecule has 2 aliphatic heterocycles. The highest BCUT2D eigenvalue weighted by atomic mass is 16.7. The summed E-state index contributed by atoms with van der Waals surface area (Å²) in [5.74, 6) is 1.42. The first-order chi connectivity index (χ1) is 9.86. The normalized spacial score (nSPS) is 20.6. The Morgan fingerprint density at radius 1 is 1.33 bits per heavy atom. The van der Waals surface area contributed by atoms with Crippen molar-refractivity contribution in [2.24, 2.45) is 16.3 Å². The number of nitrogens with two attached hydrogens (primary N) is 1. The molecule has 0 radical (unpaired) electrons. The molecule has 112 valence electrons. The lowest BCUT2D eigenvalue weighted by Crippen LogP contribution is -2.31. The number of hydrogen-bond donors (Lipinski definition) is 1. The van der Waals surface area contributed by atoms with Gasteiger partial charge >= 0.3 is 6.03 Å². The topological polar surface area (TPSA) is 77.2 Å². The summed E-state index contributed by atoms with van der Waals surface area (Å²) in [6, 6.07) is 4.94. The van der Waals surface area contributed by atoms with Crippen LogP contribution in [-0.4, -0.2) is 23.5 Å². The van der Waals surface area contributed by atoms with Gasteiger partial charge in [0.1, 0.15) is 0 Å². The molecule has 21 heavy (non-hydrogen) atoms. The number of primary amides is 1. The van der Waals surface area contributed by atoms with Crippen molar-refractivity contribution in [2.45, 2.75) is 33.2 Å². The predicted octanol–water partition coefficient (Wildman–Crippen LogP) is 2.64. The fourth-order valence-corrected chi connectivity index (χ4v) is 2.55. The van der Waals surface area contributed by atoms with Gasteiger partial charge in [0.2, 0.25) is 6.79 Å². The third kappa shape index (κ3) is 2.41. The molecule has 1 aromatic carbocycles. The van der Waals surface area contributed by atoms with E-state index < -0.39 is 6.03 Å². The molecule has 6 nitrogen and oxygen atoms in total. The fraction of sp³-hybridized carbons (Fsp3) is 0.467. The van der Waals surface area contributed by atoms with Crippen LogP contribution >= 0.6 is 0 Å². The fourth-order valence-electron chi connectivity index (χ4n) is 2.55. The van der Waals surface area contributed by atoms with Gasteiger partial charge in [-0.3, -0.25) is 0 Å². The van der Waals surface area contributed by atoms with E-state index in [-0.39, 0.29) is 18.2 Å². The number of hydrazone groups is 1. The van der Waals surface area contributed by atoms with E-state index in [9.17, 15) is 4.79 Å². The van der Waals surface area contributed by atoms with Crippen molar-refractivity contribution < 1.29 is 14.3 Å². The van der Waals surface area contributed by atoms with Gasteiger partial charge in [-0.2, -0.15) is 5.10 Å². The van der Waals surface area contributed by atoms with Crippen LogP contribution in [0.4, 0.5) is 4.79 Å². The smallest absolute Gasteiger partial charge is 0.335 e. The number of urea groups is 1. The molecule has 0 aromatic heterocycles. The van der Waals surface area contributed by atoms with E-state index in [4.69, 9.17) is 15.2 Å². The summed E-state index contributed by atoms with van der Waals surface area (Å²) in [6.07, 6.45) is 0.673. The van der Waals surface area contributed by atoms with Crippen LogP contribution in [-0.2, 0) is 0 Å². The second-order valence-electron chi connectivity index (χ2n) is 6.31. The third-order valence-corrected chi connectivity index (χ3v) is 3.78. The summed E-state index contributed by atoms with van der Waals surface area (Å²) >= 11 is 0. The number of benzene rings is 1. The number of carbonyl (C=O) groups excluding carboxylic acids is 1. The summed E-state index contributed by atoms with van der Waals surface area (Å²) in [4.78, 5) is 11.7. The maximum Gasteiger partial charge on any atom is 0.335 e. The van der Waals surface area contributed by atoms with Crippen LogP contribution in [0.25, 0.3) is 0 Å². The molecule has 2 N–H and O–H groups in total. The predicted molar refractivity (Wildman–Crippen MR) is 78.2 cm³/mol. The summed E-state index contributed by atoms with van der Waals surface area (Å²) in [5.41, 5.74) is 7.28. The average Bonchev–Trinajstić information content (AvgIpc) is 3.03. The molecular formula is C15H19N3O3. The number of hydrogen-bond acceptors (Lipinski definition) is 4. The third-order valence-electron chi connectivity index (χ3n) is 3.78. The first-order valence-electron chi connectivity index (χ1n) is 6.92. The van der Waals surface area contributed by atoms with Gasteiger partial charge in [-0.1, -0.05) is 26.8 Å². The summed E-state index contributed by atoms with van der Waals surface area (Å²) in [7, 11) is 0. The lowest BCUT2D eigenvalue weighted by Gasteiger charge is -2.20. The Morgan fingerprint density at radius 3 is 2.71 bits per heavy atom. The molecule has 0 aliphatic carbocycles. The molecule has 0 saturated heterocycles. The highest BCUT2D eigenvalue weighted by Gasteiger charge is 2.36. The lowest BCUT2D eigenvalue weighted by molar-refractivity contribution is 0.173. The van der Waals surface area contributed by atoms with Crippen LogP contribution in [0, 0.1) is 5.41 Å². The Hall–Kier alpha value is -2.24. The summed E-state index contributed by atoms with van der Waals surface area (Å²) in [6.45, 7) is 6.46. The van der Waals surface area contributed by atoms with Gasteiger partial charge in [0.05, 0.1) is 6.04 Å². The van der Waals surface area contributed by atoms with Gasteiger partial charge in [0.25, 0.3) is 0 Å². The molecule has 2 amide bonds. The van der Waals surface area contributed by atoms with Gasteiger partial charge in [-0.15, -0.1) is 0 Å². The minimum absolute atomic E-state index is 0.0984. The molecular weight excluding hydrogens is 270 g/mol. The minimum Gasteiger partial charge on any atom is -0.454 e. The Kier molecular flexibility index (Phi) is 3.04. The molecule has 0 spiro atoms. The standard InChI is InChI=1S/C15H19N3O3/c1-15(2,3)13-7-10(18(17-13)14(16)19)9-4-5-11-12(6-9)21-8-20-11/h4-6,10H,7-8H2,1-3H3,(H2,16,19). The zero-order valence-corrected chi connectivity index (χ0v) is 12.4. The van der Waals surface area contributed by atoms with Crippen molar-refractivity contribution >= 4 is 11.7 Å². The van der Waals surface area contributed by atoms with Crippen LogP contribution in [0.1, 0.15) is 38.8 Å². The number of nitrogens with zero attached hydrogens (tertiary/aromatic N) is 2. The van der Waals surface area contributed by atoms with Crippen molar-refractivity contribution in [3.8, 4) is 11.5 Å². The Labute approximate surface area is 123 Å². The van der Waals surface area contributed by atoms with Crippen molar-refractivity contribution in [2.75, 3.05) is 6.79 Å². The SMILES string of the molecule is CC(C)(C)C1=NN(C(N)=O)C(c2ccc3c(c2)OCO3)C1. The number of amides is 2. The second-order valence-corrected chi connectivity index (χ2v) is 6.31. The number of carbonyl (C=O) groups is 1. The molecule has 0 fully saturated rings. The lowest BCUT2D eigenvalue weighted by atomic mass is 9.86. The Balaban J connectivity index is 1.93. The van der Waals surface area contributed by atoms with E-state index in [0.29, 0.717) is 12.2 Å². The van der Waals surface area contributed by atoms with E-state index in [1.54, 1.807) is 0 Å². The molecule has 1 unspecified atom stereocenters. The van der Waals surface area contributed by atoms with Crippen LogP contribution in [0.15, 0.2) is 23.3 Å². The summed E-state index contributed by atoms with van der Waals surface area (Å²) < 4.78 is 10.7. The molecule has 2 aliphatic rings. The summed E-state index contributed by atoms with van der Waals surface area (Å²) in [5, 5.41) is 5.77. The van der Waals surface area contributed by atoms with E-state index in [2.05, 4.69) is 25.9 Å². The van der Waals surface area contributed by atoms with E-state index in [1.807, 2.05) is 18.2 Å². The monoisotopic (exact) mass is 289 g/mol. The van der Waals surface area contributed by atoms with Gasteiger partial charge in [0, 0.05) is 17.5 Å². The van der Waals surface area contributed by atoms with Crippen molar-refractivity contribution in [1.29, 1.82) is 0 Å². The van der Waals surface area contributed by atoms with Gasteiger partial charge < -0.3 is 15.2 Å². The van der Waals surface area contributed by atoms with E-state index in [1.165, 1.54) is 5.01 Å². The molecule has 2 heterocycles. The number of ether oxygens (including phenoxy) is 2. The Bertz CT molecular complexity index is 619. The minimum atomic E-state index is -0.545. The van der Waals surface area contributed by atoms with Gasteiger partial charge in [0.15, 0.2) is 11.5 Å².